The van der Waals surface area contributed by atoms with Crippen molar-refractivity contribution < 1.29 is 17.1 Å². The maximum absolute atomic E-state index is 11.4. The predicted molar refractivity (Wildman–Crippen MR) is 123 cm³/mol. The van der Waals surface area contributed by atoms with Crippen LogP contribution in [0.4, 0.5) is 0 Å². The molecule has 0 aromatic carbocycles. The molecule has 4 heteroatoms. The average molecular weight is 419 g/mol. The third kappa shape index (κ3) is 14.1. The Bertz CT molecular complexity index is 614. The zero-order valence-corrected chi connectivity index (χ0v) is 19.9. The molecule has 2 atom stereocenters. The summed E-state index contributed by atoms with van der Waals surface area (Å²) in [5, 5.41) is 0. The fraction of sp³-hybridized carbons (Fsp3) is 0.792. The largest absolute Gasteiger partial charge is 0.299 e. The number of halogens is 1. The van der Waals surface area contributed by atoms with Crippen molar-refractivity contribution in [3.63, 3.8) is 0 Å². The van der Waals surface area contributed by atoms with Gasteiger partial charge in [0.05, 0.1) is 8.62 Å². The summed E-state index contributed by atoms with van der Waals surface area (Å²) in [4.78, 5) is 33.4. The summed E-state index contributed by atoms with van der Waals surface area (Å²) in [6.07, 6.45) is 1.12. The normalized spacial score (nSPS) is 20.4. The molecule has 28 heavy (non-hydrogen) atoms. The van der Waals surface area contributed by atoms with E-state index >= 15 is 0 Å². The Morgan fingerprint density at radius 2 is 1.36 bits per heavy atom. The molecule has 0 radical (unpaired) electrons. The minimum atomic E-state index is -0.542. The van der Waals surface area contributed by atoms with E-state index in [-0.39, 0.29) is 47.8 Å². The highest BCUT2D eigenvalue weighted by molar-refractivity contribution is 6.28. The van der Waals surface area contributed by atoms with Gasteiger partial charge in [0.1, 0.15) is 5.78 Å². The summed E-state index contributed by atoms with van der Waals surface area (Å²) in [7, 11) is 0. The maximum atomic E-state index is 11.4. The van der Waals surface area contributed by atoms with E-state index < -0.39 is 5.41 Å². The Kier molecular flexibility index (Phi) is 12.1. The van der Waals surface area contributed by atoms with Gasteiger partial charge in [-0.2, -0.15) is 0 Å². The first-order valence-corrected chi connectivity index (χ1v) is 10.0. The van der Waals surface area contributed by atoms with Crippen LogP contribution in [-0.4, -0.2) is 23.2 Å². The Balaban J connectivity index is -0.000000363. The van der Waals surface area contributed by atoms with Crippen LogP contribution in [0.2, 0.25) is 0 Å². The van der Waals surface area contributed by atoms with Crippen molar-refractivity contribution in [1.82, 2.24) is 0 Å². The summed E-state index contributed by atoms with van der Waals surface area (Å²) in [6.45, 7) is 20.4. The molecule has 166 valence electrons. The van der Waals surface area contributed by atoms with Crippen LogP contribution < -0.4 is 0 Å². The van der Waals surface area contributed by atoms with Gasteiger partial charge in [-0.1, -0.05) is 82.7 Å². The van der Waals surface area contributed by atoms with Crippen LogP contribution in [0, 0.1) is 28.1 Å². The summed E-state index contributed by atoms with van der Waals surface area (Å²) in [5.74, 6) is 1.44. The third-order valence-corrected chi connectivity index (χ3v) is 4.31. The van der Waals surface area contributed by atoms with Crippen molar-refractivity contribution in [3.8, 4) is 0 Å². The molecule has 0 aromatic heterocycles. The van der Waals surface area contributed by atoms with E-state index in [2.05, 4.69) is 6.92 Å². The molecule has 0 spiro atoms. The molecule has 1 fully saturated rings. The molecule has 0 aliphatic heterocycles. The van der Waals surface area contributed by atoms with Crippen LogP contribution in [0.3, 0.4) is 0 Å². The van der Waals surface area contributed by atoms with Crippen LogP contribution >= 0.6 is 11.6 Å². The smallest absolute Gasteiger partial charge is 0.160 e. The molecule has 0 N–H and O–H groups in total. The van der Waals surface area contributed by atoms with Crippen LogP contribution in [0.25, 0.3) is 0 Å². The SMILES string of the molecule is C.CC(C)(C)C(=O)CCl.CC1CC1C(=O)C(C)(C)C.[2H]/C(C)=C(/[2H])C(=O)C(C)(C)C. The van der Waals surface area contributed by atoms with Gasteiger partial charge >= 0.3 is 0 Å². The lowest BCUT2D eigenvalue weighted by Gasteiger charge is -2.15. The van der Waals surface area contributed by atoms with E-state index in [0.717, 1.165) is 6.42 Å². The molecule has 1 aliphatic carbocycles. The van der Waals surface area contributed by atoms with Gasteiger partial charge in [0.15, 0.2) is 11.6 Å². The molecular formula is C24H45ClO3. The first kappa shape index (κ1) is 27.0. The highest BCUT2D eigenvalue weighted by Crippen LogP contribution is 2.42. The van der Waals surface area contributed by atoms with Crippen LogP contribution in [-0.2, 0) is 14.4 Å². The molecule has 2 unspecified atom stereocenters. The fourth-order valence-corrected chi connectivity index (χ4v) is 2.15. The van der Waals surface area contributed by atoms with Crippen molar-refractivity contribution in [3.05, 3.63) is 12.1 Å². The van der Waals surface area contributed by atoms with Crippen molar-refractivity contribution in [2.24, 2.45) is 28.1 Å². The van der Waals surface area contributed by atoms with Gasteiger partial charge < -0.3 is 0 Å². The Hall–Kier alpha value is -0.960. The lowest BCUT2D eigenvalue weighted by atomic mass is 9.87. The van der Waals surface area contributed by atoms with E-state index in [0.29, 0.717) is 17.6 Å². The number of hydrogen-bond donors (Lipinski definition) is 0. The minimum absolute atomic E-state index is 0. The summed E-state index contributed by atoms with van der Waals surface area (Å²) in [6, 6.07) is -0.151. The second-order valence-corrected chi connectivity index (χ2v) is 10.5. The summed E-state index contributed by atoms with van der Waals surface area (Å²) in [5.41, 5.74) is -0.920. The predicted octanol–water partition coefficient (Wildman–Crippen LogP) is 6.91. The second kappa shape index (κ2) is 12.6. The lowest BCUT2D eigenvalue weighted by molar-refractivity contribution is -0.128. The van der Waals surface area contributed by atoms with Crippen LogP contribution in [0.15, 0.2) is 12.1 Å². The number of ketones is 3. The van der Waals surface area contributed by atoms with Crippen molar-refractivity contribution in [2.45, 2.75) is 90.0 Å². The molecule has 1 saturated carbocycles. The zero-order valence-electron chi connectivity index (χ0n) is 21.2. The molecule has 0 aromatic rings. The molecular weight excluding hydrogens is 372 g/mol. The number of hydrogen-bond acceptors (Lipinski definition) is 3. The molecule has 0 heterocycles. The van der Waals surface area contributed by atoms with E-state index in [1.165, 1.54) is 6.92 Å². The molecule has 0 saturated heterocycles. The number of rotatable bonds is 3. The topological polar surface area (TPSA) is 51.2 Å². The number of allylic oxidation sites excluding steroid dienone is 2. The number of carbonyl (C=O) groups excluding carboxylic acids is 3. The molecule has 1 rings (SSSR count). The van der Waals surface area contributed by atoms with Crippen molar-refractivity contribution in [2.75, 3.05) is 5.88 Å². The highest BCUT2D eigenvalue weighted by atomic mass is 35.5. The number of Topliss-reactive ketones (excluding diaryl/α,β-unsaturated/α-hetero) is 2. The molecule has 0 bridgehead atoms. The van der Waals surface area contributed by atoms with Crippen molar-refractivity contribution >= 4 is 29.0 Å². The standard InChI is InChI=1S/C9H16O.C8H14O.C6H11ClO.CH4/c1-6-5-7(6)8(10)9(2,3)4;1-5-6-7(9)8(2,3)4;1-6(2,3)5(8)4-7;/h6-7H,5H2,1-4H3;5-6H,1-4H3;4H2,1-3H3;1H4/b;6-5+;;/i;5D,6D;;. The fourth-order valence-electron chi connectivity index (χ4n) is 1.75. The van der Waals surface area contributed by atoms with E-state index in [1.54, 1.807) is 20.8 Å². The van der Waals surface area contributed by atoms with Crippen molar-refractivity contribution in [1.29, 1.82) is 0 Å². The molecule has 3 nitrogen and oxygen atoms in total. The van der Waals surface area contributed by atoms with E-state index in [4.69, 9.17) is 14.3 Å². The highest BCUT2D eigenvalue weighted by Gasteiger charge is 2.43. The van der Waals surface area contributed by atoms with Crippen LogP contribution in [0.1, 0.15) is 92.8 Å². The average Bonchev–Trinajstić information content (AvgIpc) is 3.26. The van der Waals surface area contributed by atoms with Gasteiger partial charge in [0.2, 0.25) is 0 Å². The number of carbonyl (C=O) groups is 3. The van der Waals surface area contributed by atoms with Gasteiger partial charge in [-0.05, 0) is 25.3 Å². The Morgan fingerprint density at radius 3 is 1.43 bits per heavy atom. The van der Waals surface area contributed by atoms with Crippen LogP contribution in [0.5, 0.6) is 0 Å². The summed E-state index contributed by atoms with van der Waals surface area (Å²) >= 11 is 5.29. The monoisotopic (exact) mass is 418 g/mol. The Labute approximate surface area is 182 Å². The Morgan fingerprint density at radius 1 is 0.964 bits per heavy atom. The lowest BCUT2D eigenvalue weighted by Crippen LogP contribution is -2.22. The minimum Gasteiger partial charge on any atom is -0.299 e. The van der Waals surface area contributed by atoms with Gasteiger partial charge in [0.25, 0.3) is 0 Å². The van der Waals surface area contributed by atoms with Gasteiger partial charge in [-0.25, -0.2) is 0 Å². The molecule has 0 amide bonds. The third-order valence-electron chi connectivity index (χ3n) is 4.06. The van der Waals surface area contributed by atoms with Gasteiger partial charge in [-0.3, -0.25) is 14.4 Å². The zero-order chi connectivity index (χ0) is 24.0. The maximum Gasteiger partial charge on any atom is 0.160 e. The van der Waals surface area contributed by atoms with Gasteiger partial charge in [0, 0.05) is 22.2 Å². The van der Waals surface area contributed by atoms with Gasteiger partial charge in [-0.15, -0.1) is 11.6 Å². The molecule has 1 aliphatic rings. The number of alkyl halides is 1. The quantitative estimate of drug-likeness (QED) is 0.369. The first-order chi connectivity index (χ1) is 12.7. The summed E-state index contributed by atoms with van der Waals surface area (Å²) < 4.78 is 14.3. The van der Waals surface area contributed by atoms with E-state index in [1.807, 2.05) is 41.5 Å². The first-order valence-electron chi connectivity index (χ1n) is 10.5. The van der Waals surface area contributed by atoms with E-state index in [9.17, 15) is 14.4 Å². The second-order valence-electron chi connectivity index (χ2n) is 10.2.